The molecule has 1 aliphatic rings. The summed E-state index contributed by atoms with van der Waals surface area (Å²) in [4.78, 5) is 1.80. The molecule has 0 spiro atoms. The van der Waals surface area contributed by atoms with Gasteiger partial charge in [-0.15, -0.1) is 11.3 Å². The third-order valence-electron chi connectivity index (χ3n) is 4.39. The maximum absolute atomic E-state index is 13.7. The second-order valence-electron chi connectivity index (χ2n) is 6.46. The molecule has 1 saturated heterocycles. The minimum absolute atomic E-state index is 0.141. The first-order valence-corrected chi connectivity index (χ1v) is 10.6. The van der Waals surface area contributed by atoms with E-state index in [4.69, 9.17) is 4.74 Å². The van der Waals surface area contributed by atoms with Gasteiger partial charge in [0, 0.05) is 10.6 Å². The van der Waals surface area contributed by atoms with Crippen LogP contribution in [-0.4, -0.2) is 42.1 Å². The Morgan fingerprint density at radius 3 is 2.67 bits per heavy atom. The average molecular weight is 407 g/mol. The van der Waals surface area contributed by atoms with Gasteiger partial charge in [0.05, 0.1) is 22.9 Å². The van der Waals surface area contributed by atoms with E-state index in [1.54, 1.807) is 25.1 Å². The zero-order valence-electron chi connectivity index (χ0n) is 14.8. The van der Waals surface area contributed by atoms with E-state index in [1.807, 2.05) is 13.0 Å². The first-order valence-electron chi connectivity index (χ1n) is 8.39. The summed E-state index contributed by atoms with van der Waals surface area (Å²) < 4.78 is 46.4. The number of ether oxygens (including phenoxy) is 1. The molecule has 3 heterocycles. The van der Waals surface area contributed by atoms with Crippen molar-refractivity contribution in [2.24, 2.45) is 0 Å². The highest BCUT2D eigenvalue weighted by Gasteiger charge is 2.39. The highest BCUT2D eigenvalue weighted by molar-refractivity contribution is 7.89. The van der Waals surface area contributed by atoms with Gasteiger partial charge in [-0.1, -0.05) is 12.1 Å². The van der Waals surface area contributed by atoms with Crippen molar-refractivity contribution in [1.82, 2.24) is 14.5 Å². The van der Waals surface area contributed by atoms with Crippen molar-refractivity contribution >= 4 is 21.4 Å². The van der Waals surface area contributed by atoms with Crippen molar-refractivity contribution < 1.29 is 17.5 Å². The Morgan fingerprint density at radius 2 is 2.00 bits per heavy atom. The summed E-state index contributed by atoms with van der Waals surface area (Å²) in [5, 5.41) is 7.05. The fraction of sp³-hybridized carbons (Fsp3) is 0.278. The number of H-pyrrole nitrogens is 1. The van der Waals surface area contributed by atoms with Crippen LogP contribution in [0.2, 0.25) is 0 Å². The van der Waals surface area contributed by atoms with Gasteiger partial charge in [-0.3, -0.25) is 5.10 Å². The fourth-order valence-electron chi connectivity index (χ4n) is 2.92. The van der Waals surface area contributed by atoms with Gasteiger partial charge in [0.15, 0.2) is 11.6 Å². The molecule has 1 N–H and O–H groups in total. The van der Waals surface area contributed by atoms with Crippen molar-refractivity contribution in [3.8, 4) is 16.3 Å². The van der Waals surface area contributed by atoms with Gasteiger partial charge >= 0.3 is 0 Å². The predicted octanol–water partition coefficient (Wildman–Crippen LogP) is 3.35. The zero-order chi connectivity index (χ0) is 19.2. The molecule has 0 bridgehead atoms. The monoisotopic (exact) mass is 407 g/mol. The smallest absolute Gasteiger partial charge is 0.244 e. The summed E-state index contributed by atoms with van der Waals surface area (Å²) in [5.41, 5.74) is 1.64. The van der Waals surface area contributed by atoms with Crippen LogP contribution in [0.15, 0.2) is 41.3 Å². The number of nitrogens with zero attached hydrogens (tertiary/aromatic N) is 2. The van der Waals surface area contributed by atoms with Gasteiger partial charge in [0.2, 0.25) is 10.0 Å². The molecule has 0 radical (unpaired) electrons. The van der Waals surface area contributed by atoms with E-state index in [9.17, 15) is 12.8 Å². The summed E-state index contributed by atoms with van der Waals surface area (Å²) in [6.45, 7) is 4.07. The number of nitrogens with one attached hydrogen (secondary N) is 1. The van der Waals surface area contributed by atoms with E-state index in [0.29, 0.717) is 4.88 Å². The standard InChI is InChI=1S/C18H18FN3O3S2/c1-11-7-15(21-20-11)17-8-18(12(2)26-17)27(23,24)22-9-13(10-22)25-16-6-4-3-5-14(16)19/h3-8,13H,9-10H2,1-2H3,(H,20,21). The molecule has 0 amide bonds. The molecule has 9 heteroatoms. The lowest BCUT2D eigenvalue weighted by atomic mass is 10.2. The largest absolute Gasteiger partial charge is 0.485 e. The lowest BCUT2D eigenvalue weighted by molar-refractivity contribution is 0.0726. The molecule has 0 atom stereocenters. The third kappa shape index (κ3) is 3.38. The van der Waals surface area contributed by atoms with Crippen LogP contribution in [0, 0.1) is 19.7 Å². The van der Waals surface area contributed by atoms with Crippen LogP contribution in [0.1, 0.15) is 10.6 Å². The summed E-state index contributed by atoms with van der Waals surface area (Å²) in [5.74, 6) is -0.311. The number of aromatic nitrogens is 2. The first kappa shape index (κ1) is 18.1. The minimum atomic E-state index is -3.62. The van der Waals surface area contributed by atoms with Crippen molar-refractivity contribution in [3.05, 3.63) is 52.8 Å². The molecule has 1 fully saturated rings. The van der Waals surface area contributed by atoms with E-state index in [1.165, 1.54) is 27.8 Å². The van der Waals surface area contributed by atoms with E-state index in [-0.39, 0.29) is 29.8 Å². The number of sulfonamides is 1. The topological polar surface area (TPSA) is 75.3 Å². The van der Waals surface area contributed by atoms with Gasteiger partial charge < -0.3 is 4.74 Å². The summed E-state index contributed by atoms with van der Waals surface area (Å²) in [7, 11) is -3.62. The number of rotatable bonds is 5. The Bertz CT molecular complexity index is 1080. The molecule has 142 valence electrons. The van der Waals surface area contributed by atoms with E-state index >= 15 is 0 Å². The Labute approximate surface area is 160 Å². The van der Waals surface area contributed by atoms with Crippen molar-refractivity contribution in [3.63, 3.8) is 0 Å². The molecule has 2 aromatic heterocycles. The van der Waals surface area contributed by atoms with E-state index < -0.39 is 15.8 Å². The molecule has 27 heavy (non-hydrogen) atoms. The Balaban J connectivity index is 1.49. The second kappa shape index (κ2) is 6.74. The van der Waals surface area contributed by atoms with Gasteiger partial charge in [-0.05, 0) is 38.1 Å². The van der Waals surface area contributed by atoms with Crippen LogP contribution < -0.4 is 4.74 Å². The molecular weight excluding hydrogens is 389 g/mol. The molecule has 4 rings (SSSR count). The van der Waals surface area contributed by atoms with Gasteiger partial charge in [-0.2, -0.15) is 9.40 Å². The highest BCUT2D eigenvalue weighted by atomic mass is 32.2. The average Bonchev–Trinajstić information content (AvgIpc) is 3.18. The number of halogens is 1. The Morgan fingerprint density at radius 1 is 1.26 bits per heavy atom. The summed E-state index contributed by atoms with van der Waals surface area (Å²) in [6, 6.07) is 9.65. The maximum atomic E-state index is 13.7. The van der Waals surface area contributed by atoms with Crippen LogP contribution in [0.4, 0.5) is 4.39 Å². The number of thiophene rings is 1. The van der Waals surface area contributed by atoms with Crippen LogP contribution in [0.3, 0.4) is 0 Å². The summed E-state index contributed by atoms with van der Waals surface area (Å²) in [6.07, 6.45) is -0.357. The molecule has 6 nitrogen and oxygen atoms in total. The summed E-state index contributed by atoms with van der Waals surface area (Å²) >= 11 is 1.40. The quantitative estimate of drug-likeness (QED) is 0.704. The maximum Gasteiger partial charge on any atom is 0.244 e. The second-order valence-corrected chi connectivity index (χ2v) is 9.62. The highest BCUT2D eigenvalue weighted by Crippen LogP contribution is 2.35. The first-order chi connectivity index (χ1) is 12.8. The normalized spacial score (nSPS) is 15.7. The number of hydrogen-bond donors (Lipinski definition) is 1. The minimum Gasteiger partial charge on any atom is -0.485 e. The third-order valence-corrected chi connectivity index (χ3v) is 7.55. The van der Waals surface area contributed by atoms with Crippen molar-refractivity contribution in [1.29, 1.82) is 0 Å². The number of aryl methyl sites for hydroxylation is 2. The number of benzene rings is 1. The molecule has 0 aliphatic carbocycles. The fourth-order valence-corrected chi connectivity index (χ4v) is 5.95. The van der Waals surface area contributed by atoms with Crippen LogP contribution in [0.5, 0.6) is 5.75 Å². The van der Waals surface area contributed by atoms with Gasteiger partial charge in [-0.25, -0.2) is 12.8 Å². The van der Waals surface area contributed by atoms with Crippen LogP contribution in [0.25, 0.3) is 10.6 Å². The molecule has 1 aromatic carbocycles. The van der Waals surface area contributed by atoms with Crippen molar-refractivity contribution in [2.75, 3.05) is 13.1 Å². The zero-order valence-corrected chi connectivity index (χ0v) is 16.4. The molecule has 0 unspecified atom stereocenters. The molecule has 0 saturated carbocycles. The molecule has 1 aliphatic heterocycles. The Hall–Kier alpha value is -2.23. The van der Waals surface area contributed by atoms with Gasteiger partial charge in [0.1, 0.15) is 11.8 Å². The number of para-hydroxylation sites is 1. The molecular formula is C18H18FN3O3S2. The van der Waals surface area contributed by atoms with Crippen molar-refractivity contribution in [2.45, 2.75) is 24.8 Å². The SMILES string of the molecule is Cc1cc(-c2cc(S(=O)(=O)N3CC(Oc4ccccc4F)C3)c(C)s2)n[nH]1. The number of hydrogen-bond acceptors (Lipinski definition) is 5. The van der Waals surface area contributed by atoms with E-state index in [2.05, 4.69) is 10.2 Å². The Kier molecular flexibility index (Phi) is 4.53. The van der Waals surface area contributed by atoms with E-state index in [0.717, 1.165) is 16.3 Å². The number of aromatic amines is 1. The lowest BCUT2D eigenvalue weighted by Crippen LogP contribution is -2.56. The predicted molar refractivity (Wildman–Crippen MR) is 101 cm³/mol. The van der Waals surface area contributed by atoms with Gasteiger partial charge in [0.25, 0.3) is 0 Å². The van der Waals surface area contributed by atoms with Crippen LogP contribution in [-0.2, 0) is 10.0 Å². The molecule has 3 aromatic rings. The van der Waals surface area contributed by atoms with Crippen LogP contribution >= 0.6 is 11.3 Å². The lowest BCUT2D eigenvalue weighted by Gasteiger charge is -2.37.